The number of rotatable bonds is 3. The van der Waals surface area contributed by atoms with Crippen LogP contribution >= 0.6 is 0 Å². The van der Waals surface area contributed by atoms with Crippen molar-refractivity contribution in [2.45, 2.75) is 32.9 Å². The van der Waals surface area contributed by atoms with Crippen molar-refractivity contribution in [3.05, 3.63) is 29.6 Å². The number of aromatic hydroxyl groups is 1. The van der Waals surface area contributed by atoms with E-state index in [1.165, 1.54) is 6.07 Å². The van der Waals surface area contributed by atoms with E-state index in [0.29, 0.717) is 23.6 Å². The molecule has 3 heteroatoms. The Bertz CT molecular complexity index is 376. The van der Waals surface area contributed by atoms with Crippen molar-refractivity contribution < 1.29 is 9.50 Å². The molecule has 1 saturated carbocycles. The molecule has 1 unspecified atom stereocenters. The summed E-state index contributed by atoms with van der Waals surface area (Å²) >= 11 is 0. The van der Waals surface area contributed by atoms with Gasteiger partial charge in [-0.2, -0.15) is 0 Å². The minimum absolute atomic E-state index is 0.233. The number of hydrogen-bond acceptors (Lipinski definition) is 2. The zero-order valence-electron chi connectivity index (χ0n) is 9.05. The van der Waals surface area contributed by atoms with Crippen LogP contribution in [0.15, 0.2) is 18.2 Å². The third-order valence-corrected chi connectivity index (χ3v) is 3.12. The lowest BCUT2D eigenvalue weighted by Crippen LogP contribution is -2.20. The molecular weight excluding hydrogens is 193 g/mol. The van der Waals surface area contributed by atoms with E-state index in [1.54, 1.807) is 12.1 Å². The van der Waals surface area contributed by atoms with Gasteiger partial charge in [0.15, 0.2) is 11.6 Å². The second-order valence-corrected chi connectivity index (χ2v) is 4.87. The fraction of sp³-hybridized carbons (Fsp3) is 0.500. The average molecular weight is 209 g/mol. The van der Waals surface area contributed by atoms with Gasteiger partial charge in [0.2, 0.25) is 0 Å². The molecule has 1 aromatic carbocycles. The number of para-hydroxylation sites is 1. The Morgan fingerprint density at radius 2 is 2.20 bits per heavy atom. The third kappa shape index (κ3) is 2.12. The molecule has 0 heterocycles. The summed E-state index contributed by atoms with van der Waals surface area (Å²) in [4.78, 5) is 0. The highest BCUT2D eigenvalue weighted by Gasteiger charge is 2.45. The highest BCUT2D eigenvalue weighted by Crippen LogP contribution is 2.44. The van der Waals surface area contributed by atoms with Gasteiger partial charge < -0.3 is 10.4 Å². The number of hydrogen-bond donors (Lipinski definition) is 2. The monoisotopic (exact) mass is 209 g/mol. The van der Waals surface area contributed by atoms with Gasteiger partial charge in [0.05, 0.1) is 0 Å². The lowest BCUT2D eigenvalue weighted by Gasteiger charge is -2.08. The summed E-state index contributed by atoms with van der Waals surface area (Å²) in [6.07, 6.45) is 1.14. The number of phenols is 1. The topological polar surface area (TPSA) is 32.3 Å². The summed E-state index contributed by atoms with van der Waals surface area (Å²) in [7, 11) is 0. The normalized spacial score (nSPS) is 22.7. The molecule has 2 rings (SSSR count). The smallest absolute Gasteiger partial charge is 0.165 e. The van der Waals surface area contributed by atoms with Gasteiger partial charge in [-0.05, 0) is 17.9 Å². The molecule has 0 spiro atoms. The summed E-state index contributed by atoms with van der Waals surface area (Å²) in [5.41, 5.74) is 0.973. The first-order valence-electron chi connectivity index (χ1n) is 5.20. The van der Waals surface area contributed by atoms with Gasteiger partial charge in [-0.15, -0.1) is 0 Å². The number of phenolic OH excluding ortho intramolecular Hbond substituents is 1. The standard InChI is InChI=1S/C12H16FNO/c1-12(2)6-10(12)14-7-8-4-3-5-9(13)11(8)15/h3-5,10,14-15H,6-7H2,1-2H3. The maximum atomic E-state index is 13.0. The lowest BCUT2D eigenvalue weighted by molar-refractivity contribution is 0.421. The van der Waals surface area contributed by atoms with Crippen molar-refractivity contribution in [2.75, 3.05) is 0 Å². The SMILES string of the molecule is CC1(C)CC1NCc1cccc(F)c1O. The maximum absolute atomic E-state index is 13.0. The summed E-state index contributed by atoms with van der Waals surface area (Å²) in [6.45, 7) is 4.91. The van der Waals surface area contributed by atoms with E-state index in [1.807, 2.05) is 0 Å². The van der Waals surface area contributed by atoms with Crippen molar-refractivity contribution in [2.24, 2.45) is 5.41 Å². The molecule has 2 nitrogen and oxygen atoms in total. The first kappa shape index (κ1) is 10.4. The summed E-state index contributed by atoms with van der Waals surface area (Å²) in [5.74, 6) is -0.784. The van der Waals surface area contributed by atoms with Crippen molar-refractivity contribution >= 4 is 0 Å². The van der Waals surface area contributed by atoms with Crippen LogP contribution in [-0.4, -0.2) is 11.1 Å². The van der Waals surface area contributed by atoms with Crippen LogP contribution in [0, 0.1) is 11.2 Å². The van der Waals surface area contributed by atoms with Crippen LogP contribution in [0.5, 0.6) is 5.75 Å². The average Bonchev–Trinajstić information content (AvgIpc) is 2.77. The Balaban J connectivity index is 1.97. The molecule has 1 aliphatic carbocycles. The Morgan fingerprint density at radius 1 is 1.53 bits per heavy atom. The molecule has 0 aromatic heterocycles. The fourth-order valence-corrected chi connectivity index (χ4v) is 1.75. The van der Waals surface area contributed by atoms with Crippen molar-refractivity contribution in [3.8, 4) is 5.75 Å². The van der Waals surface area contributed by atoms with Gasteiger partial charge in [-0.25, -0.2) is 4.39 Å². The predicted molar refractivity (Wildman–Crippen MR) is 57.1 cm³/mol. The second kappa shape index (κ2) is 3.49. The molecule has 0 aliphatic heterocycles. The summed E-state index contributed by atoms with van der Waals surface area (Å²) < 4.78 is 13.0. The largest absolute Gasteiger partial charge is 0.505 e. The van der Waals surface area contributed by atoms with Gasteiger partial charge >= 0.3 is 0 Å². The molecule has 1 fully saturated rings. The Hall–Kier alpha value is -1.09. The lowest BCUT2D eigenvalue weighted by atomic mass is 10.1. The molecule has 82 valence electrons. The minimum Gasteiger partial charge on any atom is -0.505 e. The van der Waals surface area contributed by atoms with E-state index < -0.39 is 5.82 Å². The zero-order valence-corrected chi connectivity index (χ0v) is 9.05. The van der Waals surface area contributed by atoms with Crippen LogP contribution in [-0.2, 0) is 6.54 Å². The van der Waals surface area contributed by atoms with E-state index in [-0.39, 0.29) is 5.75 Å². The van der Waals surface area contributed by atoms with Crippen LogP contribution in [0.1, 0.15) is 25.8 Å². The van der Waals surface area contributed by atoms with Gasteiger partial charge in [0.1, 0.15) is 0 Å². The molecule has 2 N–H and O–H groups in total. The second-order valence-electron chi connectivity index (χ2n) is 4.87. The van der Waals surface area contributed by atoms with Gasteiger partial charge in [0, 0.05) is 18.2 Å². The highest BCUT2D eigenvalue weighted by atomic mass is 19.1. The number of benzene rings is 1. The Morgan fingerprint density at radius 3 is 2.80 bits per heavy atom. The zero-order chi connectivity index (χ0) is 11.1. The summed E-state index contributed by atoms with van der Waals surface area (Å²) in [6, 6.07) is 5.10. The fourth-order valence-electron chi connectivity index (χ4n) is 1.75. The molecule has 1 aromatic rings. The third-order valence-electron chi connectivity index (χ3n) is 3.12. The van der Waals surface area contributed by atoms with Crippen LogP contribution in [0.2, 0.25) is 0 Å². The van der Waals surface area contributed by atoms with E-state index in [0.717, 1.165) is 6.42 Å². The number of halogens is 1. The molecule has 0 bridgehead atoms. The Kier molecular flexibility index (Phi) is 2.43. The van der Waals surface area contributed by atoms with Gasteiger partial charge in [0.25, 0.3) is 0 Å². The molecule has 0 amide bonds. The van der Waals surface area contributed by atoms with Crippen LogP contribution in [0.25, 0.3) is 0 Å². The molecule has 0 saturated heterocycles. The van der Waals surface area contributed by atoms with Crippen molar-refractivity contribution in [1.29, 1.82) is 0 Å². The van der Waals surface area contributed by atoms with Crippen LogP contribution in [0.4, 0.5) is 4.39 Å². The number of nitrogens with one attached hydrogen (secondary N) is 1. The quantitative estimate of drug-likeness (QED) is 0.801. The van der Waals surface area contributed by atoms with Gasteiger partial charge in [-0.1, -0.05) is 26.0 Å². The van der Waals surface area contributed by atoms with E-state index in [9.17, 15) is 9.50 Å². The Labute approximate surface area is 89.1 Å². The van der Waals surface area contributed by atoms with Gasteiger partial charge in [-0.3, -0.25) is 0 Å². The molecule has 15 heavy (non-hydrogen) atoms. The van der Waals surface area contributed by atoms with Crippen LogP contribution < -0.4 is 5.32 Å². The first-order chi connectivity index (χ1) is 7.00. The van der Waals surface area contributed by atoms with E-state index in [2.05, 4.69) is 19.2 Å². The predicted octanol–water partition coefficient (Wildman–Crippen LogP) is 2.42. The van der Waals surface area contributed by atoms with E-state index >= 15 is 0 Å². The molecular formula is C12H16FNO. The van der Waals surface area contributed by atoms with Crippen LogP contribution in [0.3, 0.4) is 0 Å². The van der Waals surface area contributed by atoms with Crippen molar-refractivity contribution in [1.82, 2.24) is 5.32 Å². The van der Waals surface area contributed by atoms with Crippen molar-refractivity contribution in [3.63, 3.8) is 0 Å². The minimum atomic E-state index is -0.552. The molecule has 1 atom stereocenters. The first-order valence-corrected chi connectivity index (χ1v) is 5.20. The van der Waals surface area contributed by atoms with E-state index in [4.69, 9.17) is 0 Å². The molecule has 0 radical (unpaired) electrons. The maximum Gasteiger partial charge on any atom is 0.165 e. The summed E-state index contributed by atoms with van der Waals surface area (Å²) in [5, 5.41) is 12.8. The molecule has 1 aliphatic rings. The highest BCUT2D eigenvalue weighted by molar-refractivity contribution is 5.33.